The number of amides is 4. The summed E-state index contributed by atoms with van der Waals surface area (Å²) in [6.45, 7) is 19.3. The second-order valence-corrected chi connectivity index (χ2v) is 18.5. The third-order valence-electron chi connectivity index (χ3n) is 12.9. The van der Waals surface area contributed by atoms with Crippen molar-refractivity contribution in [1.29, 1.82) is 0 Å². The molecule has 16 nitrogen and oxygen atoms in total. The van der Waals surface area contributed by atoms with Crippen LogP contribution in [0.15, 0.2) is 71.6 Å². The Morgan fingerprint density at radius 3 is 2.34 bits per heavy atom. The molecule has 0 bridgehead atoms. The molecule has 6 aromatic rings. The van der Waals surface area contributed by atoms with Gasteiger partial charge < -0.3 is 24.6 Å². The Morgan fingerprint density at radius 1 is 0.875 bits per heavy atom. The van der Waals surface area contributed by atoms with Crippen molar-refractivity contribution in [3.8, 4) is 22.5 Å². The summed E-state index contributed by atoms with van der Waals surface area (Å²) >= 11 is 0. The summed E-state index contributed by atoms with van der Waals surface area (Å²) in [5.74, 6) is 1.45. The van der Waals surface area contributed by atoms with Gasteiger partial charge in [0.05, 0.1) is 11.7 Å². The topological polar surface area (TPSA) is 182 Å². The Labute approximate surface area is 372 Å². The zero-order chi connectivity index (χ0) is 44.7. The maximum absolute atomic E-state index is 12.9. The van der Waals surface area contributed by atoms with Crippen molar-refractivity contribution in [2.75, 3.05) is 67.1 Å². The van der Waals surface area contributed by atoms with E-state index in [2.05, 4.69) is 81.8 Å². The second-order valence-electron chi connectivity index (χ2n) is 18.5. The van der Waals surface area contributed by atoms with Crippen LogP contribution >= 0.6 is 0 Å². The summed E-state index contributed by atoms with van der Waals surface area (Å²) in [6, 6.07) is 18.1. The van der Waals surface area contributed by atoms with Crippen molar-refractivity contribution in [3.63, 3.8) is 0 Å². The second kappa shape index (κ2) is 17.5. The molecule has 4 aromatic heterocycles. The first-order valence-corrected chi connectivity index (χ1v) is 22.3. The minimum atomic E-state index is -0.411. The fourth-order valence-electron chi connectivity index (χ4n) is 9.15. The molecular weight excluding hydrogens is 809 g/mol. The van der Waals surface area contributed by atoms with E-state index in [-0.39, 0.29) is 29.3 Å². The molecule has 2 aromatic carbocycles. The van der Waals surface area contributed by atoms with E-state index in [1.165, 1.54) is 5.69 Å². The summed E-state index contributed by atoms with van der Waals surface area (Å²) in [7, 11) is 0. The van der Waals surface area contributed by atoms with Gasteiger partial charge in [-0.15, -0.1) is 0 Å². The number of anilines is 3. The Morgan fingerprint density at radius 2 is 1.66 bits per heavy atom. The Balaban J connectivity index is 0.771. The predicted octanol–water partition coefficient (Wildman–Crippen LogP) is 6.96. The van der Waals surface area contributed by atoms with Gasteiger partial charge in [0.25, 0.3) is 0 Å². The number of carbonyl (C=O) groups is 3. The number of aryl methyl sites for hydroxylation is 2. The first-order chi connectivity index (χ1) is 30.8. The molecule has 1 atom stereocenters. The Kier molecular flexibility index (Phi) is 11.6. The lowest BCUT2D eigenvalue weighted by atomic mass is 9.95. The van der Waals surface area contributed by atoms with E-state index in [0.29, 0.717) is 24.7 Å². The van der Waals surface area contributed by atoms with Crippen molar-refractivity contribution >= 4 is 46.1 Å². The largest absolute Gasteiger partial charge is 0.372 e. The number of hydrogen-bond donors (Lipinski definition) is 3. The molecule has 64 heavy (non-hydrogen) atoms. The standard InChI is InChI=1S/C48H56N12O4/c1-29-23-33(7-10-36(29)31(3)52-44(62)45-55-46(56-64-45)48(4,5)6)42-37-25-38(53-43(37)51-28-50-42)34-8-12-40(49-26-34)59-21-19-57(20-22-59)27-32-13-16-58(17-14-32)35-9-11-39(30(2)24-35)60-18-15-41(61)54-47(60)63/h7-12,23-26,28,31-32H,13-22,27H2,1-6H3,(H,52,62)(H,50,51,53)(H,54,61,63)/t31-/m1/s1. The number of benzene rings is 2. The van der Waals surface area contributed by atoms with E-state index in [9.17, 15) is 14.4 Å². The molecule has 0 radical (unpaired) electrons. The molecule has 4 amide bonds. The maximum Gasteiger partial charge on any atom is 0.328 e. The van der Waals surface area contributed by atoms with E-state index in [1.54, 1.807) is 11.2 Å². The highest BCUT2D eigenvalue weighted by Crippen LogP contribution is 2.33. The summed E-state index contributed by atoms with van der Waals surface area (Å²) in [6.07, 6.45) is 6.13. The first kappa shape index (κ1) is 42.6. The number of rotatable bonds is 10. The smallest absolute Gasteiger partial charge is 0.328 e. The molecule has 332 valence electrons. The van der Waals surface area contributed by atoms with Crippen molar-refractivity contribution in [2.45, 2.75) is 72.3 Å². The number of imide groups is 1. The molecule has 3 saturated heterocycles. The van der Waals surface area contributed by atoms with Crippen LogP contribution in [-0.2, 0) is 10.2 Å². The average Bonchev–Trinajstić information content (AvgIpc) is 3.97. The van der Waals surface area contributed by atoms with E-state index in [4.69, 9.17) is 14.5 Å². The fourth-order valence-corrected chi connectivity index (χ4v) is 9.15. The molecular formula is C48H56N12O4. The number of urea groups is 1. The van der Waals surface area contributed by atoms with Crippen LogP contribution in [-0.4, -0.2) is 105 Å². The number of nitrogens with zero attached hydrogens (tertiary/aromatic N) is 9. The molecule has 0 saturated carbocycles. The van der Waals surface area contributed by atoms with E-state index >= 15 is 0 Å². The number of H-pyrrole nitrogens is 1. The highest BCUT2D eigenvalue weighted by molar-refractivity contribution is 6.06. The molecule has 0 spiro atoms. The van der Waals surface area contributed by atoms with Crippen LogP contribution in [0.4, 0.5) is 22.0 Å². The zero-order valence-corrected chi connectivity index (χ0v) is 37.4. The van der Waals surface area contributed by atoms with Crippen LogP contribution in [0.2, 0.25) is 0 Å². The lowest BCUT2D eigenvalue weighted by molar-refractivity contribution is -0.120. The minimum Gasteiger partial charge on any atom is -0.372 e. The number of piperazine rings is 1. The van der Waals surface area contributed by atoms with E-state index < -0.39 is 5.91 Å². The van der Waals surface area contributed by atoms with Gasteiger partial charge in [-0.2, -0.15) is 4.98 Å². The first-order valence-electron chi connectivity index (χ1n) is 22.3. The van der Waals surface area contributed by atoms with Gasteiger partial charge >= 0.3 is 17.8 Å². The van der Waals surface area contributed by atoms with Crippen LogP contribution in [0.3, 0.4) is 0 Å². The molecule has 3 aliphatic heterocycles. The van der Waals surface area contributed by atoms with Gasteiger partial charge in [-0.3, -0.25) is 24.7 Å². The quantitative estimate of drug-likeness (QED) is 0.129. The van der Waals surface area contributed by atoms with Gasteiger partial charge in [-0.25, -0.2) is 19.7 Å². The van der Waals surface area contributed by atoms with Crippen LogP contribution in [0.5, 0.6) is 0 Å². The number of hydrogen-bond acceptors (Lipinski definition) is 12. The SMILES string of the molecule is Cc1cc(-c2ncnc3[nH]c(-c4ccc(N5CCN(CC6CCN(c7ccc(N8CCC(=O)NC8=O)c(C)c7)CC6)CC5)nc4)cc23)ccc1[C@@H](C)NC(=O)c1nc(C(C)(C)C)no1. The summed E-state index contributed by atoms with van der Waals surface area (Å²) in [4.78, 5) is 68.0. The third-order valence-corrected chi connectivity index (χ3v) is 12.9. The number of pyridine rings is 1. The molecule has 16 heteroatoms. The van der Waals surface area contributed by atoms with Crippen molar-refractivity contribution in [1.82, 2.24) is 45.6 Å². The molecule has 0 aliphatic carbocycles. The van der Waals surface area contributed by atoms with Gasteiger partial charge in [0.15, 0.2) is 5.82 Å². The van der Waals surface area contributed by atoms with Crippen LogP contribution < -0.4 is 25.3 Å². The summed E-state index contributed by atoms with van der Waals surface area (Å²) in [5, 5.41) is 10.3. The highest BCUT2D eigenvalue weighted by Gasteiger charge is 2.29. The number of aromatic nitrogens is 6. The number of fused-ring (bicyclic) bond motifs is 1. The molecule has 3 aliphatic rings. The Bertz CT molecular complexity index is 2690. The molecule has 7 heterocycles. The maximum atomic E-state index is 12.9. The van der Waals surface area contributed by atoms with E-state index in [0.717, 1.165) is 120 Å². The van der Waals surface area contributed by atoms with Crippen molar-refractivity contribution in [2.24, 2.45) is 5.92 Å². The van der Waals surface area contributed by atoms with Gasteiger partial charge in [0.1, 0.15) is 17.8 Å². The minimum absolute atomic E-state index is 0.0499. The van der Waals surface area contributed by atoms with Crippen LogP contribution in [0.1, 0.15) is 86.2 Å². The highest BCUT2D eigenvalue weighted by atomic mass is 16.5. The summed E-state index contributed by atoms with van der Waals surface area (Å²) < 4.78 is 5.25. The predicted molar refractivity (Wildman–Crippen MR) is 246 cm³/mol. The fraction of sp³-hybridized carbons (Fsp3) is 0.417. The number of piperidine rings is 1. The van der Waals surface area contributed by atoms with Crippen molar-refractivity contribution < 1.29 is 18.9 Å². The number of carbonyl (C=O) groups excluding carboxylic acids is 3. The lowest BCUT2D eigenvalue weighted by Gasteiger charge is -2.40. The van der Waals surface area contributed by atoms with Crippen molar-refractivity contribution in [3.05, 3.63) is 95.5 Å². The van der Waals surface area contributed by atoms with Gasteiger partial charge in [0, 0.05) is 104 Å². The number of nitrogens with one attached hydrogen (secondary N) is 3. The van der Waals surface area contributed by atoms with Gasteiger partial charge in [-0.1, -0.05) is 38.1 Å². The summed E-state index contributed by atoms with van der Waals surface area (Å²) in [5.41, 5.74) is 9.16. The molecule has 0 unspecified atom stereocenters. The van der Waals surface area contributed by atoms with Gasteiger partial charge in [-0.05, 0) is 98.7 Å². The van der Waals surface area contributed by atoms with Crippen LogP contribution in [0, 0.1) is 19.8 Å². The van der Waals surface area contributed by atoms with Gasteiger partial charge in [0.2, 0.25) is 5.91 Å². The van der Waals surface area contributed by atoms with Crippen LogP contribution in [0.25, 0.3) is 33.5 Å². The lowest BCUT2D eigenvalue weighted by Crippen LogP contribution is -2.49. The van der Waals surface area contributed by atoms with E-state index in [1.807, 2.05) is 65.9 Å². The zero-order valence-electron chi connectivity index (χ0n) is 37.4. The molecule has 3 N–H and O–H groups in total. The molecule has 3 fully saturated rings. The Hall–Kier alpha value is -6.68. The molecule has 9 rings (SSSR count). The normalized spacial score (nSPS) is 17.2. The third kappa shape index (κ3) is 8.91. The monoisotopic (exact) mass is 864 g/mol. The number of aromatic amines is 1. The average molecular weight is 865 g/mol.